The number of aryl methyl sites for hydroxylation is 1. The number of nitrogens with two attached hydrogens (primary N) is 1. The lowest BCUT2D eigenvalue weighted by Gasteiger charge is -2.35. The van der Waals surface area contributed by atoms with Crippen LogP contribution in [0.4, 0.5) is 5.95 Å². The summed E-state index contributed by atoms with van der Waals surface area (Å²) in [5.74, 6) is 1.26. The molecule has 6 nitrogen and oxygen atoms in total. The highest BCUT2D eigenvalue weighted by molar-refractivity contribution is 6.30. The van der Waals surface area contributed by atoms with Crippen LogP contribution >= 0.6 is 11.6 Å². The molecular formula is C18H21ClN6. The number of fused-ring (bicyclic) bond motifs is 1. The summed E-state index contributed by atoms with van der Waals surface area (Å²) in [7, 11) is 0. The van der Waals surface area contributed by atoms with Crippen molar-refractivity contribution in [3.63, 3.8) is 0 Å². The van der Waals surface area contributed by atoms with Crippen LogP contribution in [0.1, 0.15) is 19.0 Å². The third-order valence-corrected chi connectivity index (χ3v) is 4.77. The monoisotopic (exact) mass is 356 g/mol. The van der Waals surface area contributed by atoms with E-state index >= 15 is 0 Å². The molecule has 130 valence electrons. The zero-order chi connectivity index (χ0) is 17.6. The van der Waals surface area contributed by atoms with Crippen molar-refractivity contribution in [2.75, 3.05) is 18.0 Å². The molecule has 2 unspecified atom stereocenters. The van der Waals surface area contributed by atoms with E-state index in [2.05, 4.69) is 21.8 Å². The number of pyridine rings is 1. The van der Waals surface area contributed by atoms with E-state index in [1.807, 2.05) is 41.9 Å². The molecule has 1 aliphatic rings. The van der Waals surface area contributed by atoms with Crippen molar-refractivity contribution in [3.8, 4) is 11.4 Å². The summed E-state index contributed by atoms with van der Waals surface area (Å²) in [6.45, 7) is 5.91. The van der Waals surface area contributed by atoms with Crippen LogP contribution in [0.3, 0.4) is 0 Å². The van der Waals surface area contributed by atoms with Gasteiger partial charge < -0.3 is 10.6 Å². The quantitative estimate of drug-likeness (QED) is 0.764. The number of aromatic nitrogens is 4. The minimum Gasteiger partial charge on any atom is -0.339 e. The smallest absolute Gasteiger partial charge is 0.226 e. The molecular weight excluding hydrogens is 336 g/mol. The predicted molar refractivity (Wildman–Crippen MR) is 99.9 cm³/mol. The van der Waals surface area contributed by atoms with Crippen molar-refractivity contribution < 1.29 is 0 Å². The van der Waals surface area contributed by atoms with Gasteiger partial charge in [0, 0.05) is 31.0 Å². The molecule has 25 heavy (non-hydrogen) atoms. The highest BCUT2D eigenvalue weighted by Gasteiger charge is 2.24. The van der Waals surface area contributed by atoms with E-state index in [0.29, 0.717) is 10.9 Å². The first-order chi connectivity index (χ1) is 12.0. The number of nitrogens with zero attached hydrogens (tertiary/aromatic N) is 5. The third-order valence-electron chi connectivity index (χ3n) is 4.55. The third kappa shape index (κ3) is 3.19. The molecule has 3 aromatic heterocycles. The van der Waals surface area contributed by atoms with Crippen LogP contribution in [0.2, 0.25) is 5.02 Å². The Hall–Kier alpha value is -2.18. The number of piperidine rings is 1. The van der Waals surface area contributed by atoms with Gasteiger partial charge in [0.05, 0.1) is 22.6 Å². The summed E-state index contributed by atoms with van der Waals surface area (Å²) in [6, 6.07) is 5.86. The summed E-state index contributed by atoms with van der Waals surface area (Å²) in [5, 5.41) is 0.661. The summed E-state index contributed by atoms with van der Waals surface area (Å²) >= 11 is 6.15. The molecule has 2 N–H and O–H groups in total. The fourth-order valence-electron chi connectivity index (χ4n) is 3.53. The van der Waals surface area contributed by atoms with E-state index in [4.69, 9.17) is 22.3 Å². The average molecular weight is 357 g/mol. The number of imidazole rings is 1. The SMILES string of the molecule is Cc1cc(-c2cnc3ccc(Cl)cn23)nc(N2CC(C)CC(N)C2)n1. The van der Waals surface area contributed by atoms with Gasteiger partial charge in [-0.15, -0.1) is 0 Å². The summed E-state index contributed by atoms with van der Waals surface area (Å²) < 4.78 is 1.96. The highest BCUT2D eigenvalue weighted by Crippen LogP contribution is 2.25. The average Bonchev–Trinajstić information content (AvgIpc) is 2.96. The summed E-state index contributed by atoms with van der Waals surface area (Å²) in [6.07, 6.45) is 4.72. The maximum Gasteiger partial charge on any atom is 0.226 e. The maximum atomic E-state index is 6.19. The van der Waals surface area contributed by atoms with Crippen LogP contribution in [0.15, 0.2) is 30.6 Å². The van der Waals surface area contributed by atoms with Gasteiger partial charge in [-0.2, -0.15) is 0 Å². The van der Waals surface area contributed by atoms with Crippen molar-refractivity contribution in [1.82, 2.24) is 19.4 Å². The molecule has 1 aliphatic heterocycles. The molecule has 7 heteroatoms. The lowest BCUT2D eigenvalue weighted by molar-refractivity contribution is 0.397. The van der Waals surface area contributed by atoms with Crippen LogP contribution in [0, 0.1) is 12.8 Å². The highest BCUT2D eigenvalue weighted by atomic mass is 35.5. The van der Waals surface area contributed by atoms with Crippen LogP contribution in [0.5, 0.6) is 0 Å². The Labute approximate surface area is 151 Å². The molecule has 0 spiro atoms. The van der Waals surface area contributed by atoms with Crippen molar-refractivity contribution in [2.24, 2.45) is 11.7 Å². The van der Waals surface area contributed by atoms with Gasteiger partial charge in [0.2, 0.25) is 5.95 Å². The fourth-order valence-corrected chi connectivity index (χ4v) is 3.69. The number of hydrogen-bond acceptors (Lipinski definition) is 5. The Balaban J connectivity index is 1.78. The first-order valence-electron chi connectivity index (χ1n) is 8.49. The van der Waals surface area contributed by atoms with Gasteiger partial charge in [-0.25, -0.2) is 15.0 Å². The van der Waals surface area contributed by atoms with Gasteiger partial charge in [-0.3, -0.25) is 4.40 Å². The molecule has 0 radical (unpaired) electrons. The minimum absolute atomic E-state index is 0.158. The van der Waals surface area contributed by atoms with Gasteiger partial charge >= 0.3 is 0 Å². The molecule has 3 aromatic rings. The van der Waals surface area contributed by atoms with E-state index in [1.165, 1.54) is 0 Å². The molecule has 1 saturated heterocycles. The maximum absolute atomic E-state index is 6.19. The van der Waals surface area contributed by atoms with Crippen molar-refractivity contribution in [3.05, 3.63) is 41.3 Å². The van der Waals surface area contributed by atoms with Crippen LogP contribution in [-0.2, 0) is 0 Å². The predicted octanol–water partition coefficient (Wildman–Crippen LogP) is 2.93. The second-order valence-corrected chi connectivity index (χ2v) is 7.36. The second kappa shape index (κ2) is 6.28. The van der Waals surface area contributed by atoms with E-state index < -0.39 is 0 Å². The Morgan fingerprint density at radius 1 is 1.24 bits per heavy atom. The number of anilines is 1. The van der Waals surface area contributed by atoms with Crippen molar-refractivity contribution >= 4 is 23.2 Å². The van der Waals surface area contributed by atoms with Crippen molar-refractivity contribution in [2.45, 2.75) is 26.3 Å². The fraction of sp³-hybridized carbons (Fsp3) is 0.389. The Bertz CT molecular complexity index is 911. The van der Waals surface area contributed by atoms with Crippen LogP contribution < -0.4 is 10.6 Å². The van der Waals surface area contributed by atoms with Gasteiger partial charge in [0.15, 0.2) is 0 Å². The van der Waals surface area contributed by atoms with E-state index in [9.17, 15) is 0 Å². The molecule has 2 atom stereocenters. The Morgan fingerprint density at radius 2 is 2.08 bits per heavy atom. The summed E-state index contributed by atoms with van der Waals surface area (Å²) in [4.78, 5) is 16.1. The molecule has 0 amide bonds. The molecule has 4 heterocycles. The Morgan fingerprint density at radius 3 is 2.88 bits per heavy atom. The lowest BCUT2D eigenvalue weighted by atomic mass is 9.97. The zero-order valence-electron chi connectivity index (χ0n) is 14.4. The molecule has 0 aliphatic carbocycles. The molecule has 0 bridgehead atoms. The normalized spacial score (nSPS) is 21.0. The molecule has 0 aromatic carbocycles. The number of hydrogen-bond donors (Lipinski definition) is 1. The van der Waals surface area contributed by atoms with Crippen LogP contribution in [-0.4, -0.2) is 38.5 Å². The topological polar surface area (TPSA) is 72.3 Å². The minimum atomic E-state index is 0.158. The largest absolute Gasteiger partial charge is 0.339 e. The van der Waals surface area contributed by atoms with Crippen molar-refractivity contribution in [1.29, 1.82) is 0 Å². The number of halogens is 1. The standard InChI is InChI=1S/C18H21ClN6/c1-11-5-14(20)10-24(8-11)18-22-12(2)6-15(23-18)16-7-21-17-4-3-13(19)9-25(16)17/h3-4,6-7,9,11,14H,5,8,10,20H2,1-2H3. The number of rotatable bonds is 2. The van der Waals surface area contributed by atoms with Gasteiger partial charge in [-0.05, 0) is 37.5 Å². The van der Waals surface area contributed by atoms with E-state index in [1.54, 1.807) is 0 Å². The second-order valence-electron chi connectivity index (χ2n) is 6.92. The first kappa shape index (κ1) is 16.3. The van der Waals surface area contributed by atoms with Gasteiger partial charge in [0.1, 0.15) is 5.65 Å². The van der Waals surface area contributed by atoms with E-state index in [0.717, 1.165) is 48.2 Å². The van der Waals surface area contributed by atoms with E-state index in [-0.39, 0.29) is 6.04 Å². The zero-order valence-corrected chi connectivity index (χ0v) is 15.1. The molecule has 0 saturated carbocycles. The Kier molecular flexibility index (Phi) is 4.09. The molecule has 4 rings (SSSR count). The lowest BCUT2D eigenvalue weighted by Crippen LogP contribution is -2.47. The van der Waals surface area contributed by atoms with Crippen LogP contribution in [0.25, 0.3) is 17.0 Å². The summed E-state index contributed by atoms with van der Waals surface area (Å²) in [5.41, 5.74) is 9.69. The van der Waals surface area contributed by atoms with Gasteiger partial charge in [0.25, 0.3) is 0 Å². The molecule has 1 fully saturated rings. The van der Waals surface area contributed by atoms with Gasteiger partial charge in [-0.1, -0.05) is 18.5 Å². The first-order valence-corrected chi connectivity index (χ1v) is 8.86.